The standard InChI is InChI=1S/C18H25NO/c1-4-5-8-13(2)19-14(3)16-12-11-15-9-6-7-10-17(15)18(16)20/h6-7,9-14,19-20H,4-5,8H2,1-3H3. The van der Waals surface area contributed by atoms with E-state index in [1.54, 1.807) is 0 Å². The van der Waals surface area contributed by atoms with Crippen LogP contribution in [-0.2, 0) is 0 Å². The Morgan fingerprint density at radius 2 is 1.85 bits per heavy atom. The van der Waals surface area contributed by atoms with Crippen LogP contribution < -0.4 is 5.32 Å². The Morgan fingerprint density at radius 1 is 1.10 bits per heavy atom. The minimum absolute atomic E-state index is 0.159. The second kappa shape index (κ2) is 6.76. The summed E-state index contributed by atoms with van der Waals surface area (Å²) in [6.07, 6.45) is 3.64. The van der Waals surface area contributed by atoms with Crippen molar-refractivity contribution >= 4 is 10.8 Å². The average molecular weight is 271 g/mol. The summed E-state index contributed by atoms with van der Waals surface area (Å²) in [7, 11) is 0. The van der Waals surface area contributed by atoms with Crippen molar-refractivity contribution in [3.05, 3.63) is 42.0 Å². The number of benzene rings is 2. The fourth-order valence-corrected chi connectivity index (χ4v) is 2.73. The van der Waals surface area contributed by atoms with Crippen molar-refractivity contribution < 1.29 is 5.11 Å². The number of hydrogen-bond acceptors (Lipinski definition) is 2. The summed E-state index contributed by atoms with van der Waals surface area (Å²) in [5, 5.41) is 16.1. The van der Waals surface area contributed by atoms with Gasteiger partial charge in [-0.05, 0) is 25.7 Å². The van der Waals surface area contributed by atoms with Crippen LogP contribution in [-0.4, -0.2) is 11.1 Å². The lowest BCUT2D eigenvalue weighted by Crippen LogP contribution is -2.28. The molecule has 2 rings (SSSR count). The Labute approximate surface area is 121 Å². The van der Waals surface area contributed by atoms with E-state index >= 15 is 0 Å². The van der Waals surface area contributed by atoms with Crippen molar-refractivity contribution in [2.24, 2.45) is 0 Å². The molecule has 0 amide bonds. The van der Waals surface area contributed by atoms with Crippen molar-refractivity contribution in [2.75, 3.05) is 0 Å². The van der Waals surface area contributed by atoms with Crippen LogP contribution in [0.25, 0.3) is 10.8 Å². The van der Waals surface area contributed by atoms with E-state index in [1.165, 1.54) is 19.3 Å². The Balaban J connectivity index is 2.17. The molecule has 0 heterocycles. The van der Waals surface area contributed by atoms with Gasteiger partial charge in [0.25, 0.3) is 0 Å². The van der Waals surface area contributed by atoms with Crippen molar-refractivity contribution in [2.45, 2.75) is 52.1 Å². The summed E-state index contributed by atoms with van der Waals surface area (Å²) in [6, 6.07) is 12.7. The van der Waals surface area contributed by atoms with Crippen LogP contribution in [0.1, 0.15) is 51.6 Å². The molecule has 0 aromatic heterocycles. The lowest BCUT2D eigenvalue weighted by atomic mass is 10.00. The highest BCUT2D eigenvalue weighted by Crippen LogP contribution is 2.32. The molecule has 0 saturated carbocycles. The van der Waals surface area contributed by atoms with Crippen molar-refractivity contribution in [3.63, 3.8) is 0 Å². The molecule has 2 aromatic carbocycles. The van der Waals surface area contributed by atoms with Gasteiger partial charge in [0.05, 0.1) is 0 Å². The lowest BCUT2D eigenvalue weighted by molar-refractivity contribution is 0.422. The summed E-state index contributed by atoms with van der Waals surface area (Å²) in [6.45, 7) is 6.54. The maximum Gasteiger partial charge on any atom is 0.128 e. The van der Waals surface area contributed by atoms with Gasteiger partial charge in [-0.3, -0.25) is 0 Å². The highest BCUT2D eigenvalue weighted by atomic mass is 16.3. The molecule has 2 unspecified atom stereocenters. The molecule has 20 heavy (non-hydrogen) atoms. The number of aromatic hydroxyl groups is 1. The fraction of sp³-hybridized carbons (Fsp3) is 0.444. The fourth-order valence-electron chi connectivity index (χ4n) is 2.73. The maximum atomic E-state index is 10.5. The van der Waals surface area contributed by atoms with E-state index in [0.717, 1.165) is 16.3 Å². The van der Waals surface area contributed by atoms with E-state index < -0.39 is 0 Å². The minimum Gasteiger partial charge on any atom is -0.507 e. The second-order valence-electron chi connectivity index (χ2n) is 5.66. The topological polar surface area (TPSA) is 32.3 Å². The number of unbranched alkanes of at least 4 members (excludes halogenated alkanes) is 1. The first-order valence-electron chi connectivity index (χ1n) is 7.60. The summed E-state index contributed by atoms with van der Waals surface area (Å²) >= 11 is 0. The van der Waals surface area contributed by atoms with Gasteiger partial charge in [-0.2, -0.15) is 0 Å². The minimum atomic E-state index is 0.159. The first-order chi connectivity index (χ1) is 9.63. The molecular formula is C18H25NO. The molecular weight excluding hydrogens is 246 g/mol. The van der Waals surface area contributed by atoms with Crippen LogP contribution in [0, 0.1) is 0 Å². The first kappa shape index (κ1) is 14.9. The molecule has 2 heteroatoms. The normalized spacial score (nSPS) is 14.3. The first-order valence-corrected chi connectivity index (χ1v) is 7.60. The number of rotatable bonds is 6. The molecule has 2 N–H and O–H groups in total. The quantitative estimate of drug-likeness (QED) is 0.793. The van der Waals surface area contributed by atoms with E-state index in [0.29, 0.717) is 11.8 Å². The van der Waals surface area contributed by atoms with Crippen LogP contribution in [0.2, 0.25) is 0 Å². The van der Waals surface area contributed by atoms with Gasteiger partial charge in [0.1, 0.15) is 5.75 Å². The summed E-state index contributed by atoms with van der Waals surface area (Å²) in [5.74, 6) is 0.408. The third kappa shape index (κ3) is 3.31. The van der Waals surface area contributed by atoms with Gasteiger partial charge in [0.15, 0.2) is 0 Å². The van der Waals surface area contributed by atoms with Crippen LogP contribution in [0.5, 0.6) is 5.75 Å². The highest BCUT2D eigenvalue weighted by molar-refractivity contribution is 5.89. The zero-order chi connectivity index (χ0) is 14.5. The molecule has 0 bridgehead atoms. The molecule has 2 aromatic rings. The smallest absolute Gasteiger partial charge is 0.128 e. The molecule has 0 aliphatic carbocycles. The maximum absolute atomic E-state index is 10.5. The molecule has 0 spiro atoms. The van der Waals surface area contributed by atoms with Gasteiger partial charge in [-0.1, -0.05) is 56.2 Å². The average Bonchev–Trinajstić information content (AvgIpc) is 2.45. The number of fused-ring (bicyclic) bond motifs is 1. The van der Waals surface area contributed by atoms with Gasteiger partial charge in [0.2, 0.25) is 0 Å². The van der Waals surface area contributed by atoms with Gasteiger partial charge >= 0.3 is 0 Å². The number of phenols is 1. The Morgan fingerprint density at radius 3 is 2.60 bits per heavy atom. The van der Waals surface area contributed by atoms with Crippen molar-refractivity contribution in [1.29, 1.82) is 0 Å². The summed E-state index contributed by atoms with van der Waals surface area (Å²) in [5.41, 5.74) is 0.979. The molecule has 2 nitrogen and oxygen atoms in total. The van der Waals surface area contributed by atoms with Gasteiger partial charge in [-0.25, -0.2) is 0 Å². The zero-order valence-corrected chi connectivity index (χ0v) is 12.7. The molecule has 0 saturated heterocycles. The largest absolute Gasteiger partial charge is 0.507 e. The molecule has 0 aliphatic rings. The van der Waals surface area contributed by atoms with Gasteiger partial charge in [0, 0.05) is 23.0 Å². The SMILES string of the molecule is CCCCC(C)NC(C)c1ccc2ccccc2c1O. The van der Waals surface area contributed by atoms with E-state index in [9.17, 15) is 5.11 Å². The van der Waals surface area contributed by atoms with E-state index in [1.807, 2.05) is 30.3 Å². The molecule has 2 atom stereocenters. The van der Waals surface area contributed by atoms with Crippen LogP contribution in [0.4, 0.5) is 0 Å². The Kier molecular flexibility index (Phi) is 5.02. The summed E-state index contributed by atoms with van der Waals surface area (Å²) < 4.78 is 0. The molecule has 108 valence electrons. The predicted octanol–water partition coefficient (Wildman–Crippen LogP) is 4.77. The molecule has 0 fully saturated rings. The molecule has 0 radical (unpaired) electrons. The monoisotopic (exact) mass is 271 g/mol. The summed E-state index contributed by atoms with van der Waals surface area (Å²) in [4.78, 5) is 0. The third-order valence-corrected chi connectivity index (χ3v) is 3.92. The van der Waals surface area contributed by atoms with E-state index in [4.69, 9.17) is 0 Å². The van der Waals surface area contributed by atoms with Crippen molar-refractivity contribution in [1.82, 2.24) is 5.32 Å². The van der Waals surface area contributed by atoms with Crippen LogP contribution in [0.3, 0.4) is 0 Å². The predicted molar refractivity (Wildman–Crippen MR) is 86.2 cm³/mol. The van der Waals surface area contributed by atoms with Gasteiger partial charge in [-0.15, -0.1) is 0 Å². The van der Waals surface area contributed by atoms with Gasteiger partial charge < -0.3 is 10.4 Å². The van der Waals surface area contributed by atoms with E-state index in [2.05, 4.69) is 32.2 Å². The van der Waals surface area contributed by atoms with Crippen LogP contribution in [0.15, 0.2) is 36.4 Å². The number of phenolic OH excluding ortho intramolecular Hbond substituents is 1. The molecule has 0 aliphatic heterocycles. The number of hydrogen-bond donors (Lipinski definition) is 2. The van der Waals surface area contributed by atoms with Crippen molar-refractivity contribution in [3.8, 4) is 5.75 Å². The Bertz CT molecular complexity index is 564. The highest BCUT2D eigenvalue weighted by Gasteiger charge is 2.14. The van der Waals surface area contributed by atoms with Crippen LogP contribution >= 0.6 is 0 Å². The second-order valence-corrected chi connectivity index (χ2v) is 5.66. The Hall–Kier alpha value is -1.54. The zero-order valence-electron chi connectivity index (χ0n) is 12.7. The number of nitrogens with one attached hydrogen (secondary N) is 1. The third-order valence-electron chi connectivity index (χ3n) is 3.92. The lowest BCUT2D eigenvalue weighted by Gasteiger charge is -2.21. The van der Waals surface area contributed by atoms with E-state index in [-0.39, 0.29) is 6.04 Å².